The maximum atomic E-state index is 12.5. The molecule has 0 aliphatic carbocycles. The Kier molecular flexibility index (Phi) is 5.44. The van der Waals surface area contributed by atoms with Gasteiger partial charge in [-0.25, -0.2) is 8.42 Å². The summed E-state index contributed by atoms with van der Waals surface area (Å²) in [6, 6.07) is 6.13. The molecule has 1 heterocycles. The summed E-state index contributed by atoms with van der Waals surface area (Å²) in [6.45, 7) is 7.15. The van der Waals surface area contributed by atoms with E-state index in [0.717, 1.165) is 37.8 Å². The quantitative estimate of drug-likeness (QED) is 0.907. The summed E-state index contributed by atoms with van der Waals surface area (Å²) < 4.78 is 25.0. The zero-order chi connectivity index (χ0) is 15.5. The van der Waals surface area contributed by atoms with Gasteiger partial charge in [-0.2, -0.15) is 0 Å². The highest BCUT2D eigenvalue weighted by atomic mass is 32.2. The fourth-order valence-corrected chi connectivity index (χ4v) is 5.30. The lowest BCUT2D eigenvalue weighted by Gasteiger charge is -2.32. The third-order valence-electron chi connectivity index (χ3n) is 4.60. The topological polar surface area (TPSA) is 46.2 Å². The Morgan fingerprint density at radius 1 is 1.29 bits per heavy atom. The van der Waals surface area contributed by atoms with Gasteiger partial charge in [0.15, 0.2) is 9.84 Å². The van der Waals surface area contributed by atoms with Crippen molar-refractivity contribution in [3.05, 3.63) is 34.9 Å². The first-order chi connectivity index (χ1) is 9.97. The van der Waals surface area contributed by atoms with Crippen LogP contribution in [0.4, 0.5) is 0 Å². The van der Waals surface area contributed by atoms with Crippen LogP contribution in [0.1, 0.15) is 55.3 Å². The van der Waals surface area contributed by atoms with Gasteiger partial charge in [-0.15, -0.1) is 0 Å². The Morgan fingerprint density at radius 3 is 2.71 bits per heavy atom. The summed E-state index contributed by atoms with van der Waals surface area (Å²) in [6.07, 6.45) is 3.61. The molecular weight excluding hydrogens is 282 g/mol. The Balaban J connectivity index is 2.40. The first kappa shape index (κ1) is 16.5. The van der Waals surface area contributed by atoms with Crippen LogP contribution in [-0.4, -0.2) is 26.0 Å². The highest BCUT2D eigenvalue weighted by molar-refractivity contribution is 7.92. The molecule has 1 aromatic rings. The van der Waals surface area contributed by atoms with Crippen LogP contribution in [0.15, 0.2) is 18.2 Å². The lowest BCUT2D eigenvalue weighted by molar-refractivity contribution is 0.445. The van der Waals surface area contributed by atoms with Gasteiger partial charge in [0.1, 0.15) is 0 Å². The molecule has 0 aromatic heterocycles. The Labute approximate surface area is 129 Å². The largest absolute Gasteiger partial charge is 0.309 e. The second kappa shape index (κ2) is 6.93. The van der Waals surface area contributed by atoms with E-state index >= 15 is 0 Å². The standard InChI is InChI=1S/C17H27NO2S/c1-4-11-18-17(15-9-7-8-13(2)14(15)3)16-10-5-6-12-21(16,19)20/h7-9,16-18H,4-6,10-12H2,1-3H3. The lowest BCUT2D eigenvalue weighted by Crippen LogP contribution is -2.41. The van der Waals surface area contributed by atoms with Crippen molar-refractivity contribution in [2.45, 2.75) is 57.7 Å². The van der Waals surface area contributed by atoms with Crippen LogP contribution in [0, 0.1) is 13.8 Å². The number of rotatable bonds is 5. The molecule has 0 amide bonds. The highest BCUT2D eigenvalue weighted by Crippen LogP contribution is 2.33. The number of hydrogen-bond acceptors (Lipinski definition) is 3. The van der Waals surface area contributed by atoms with Gasteiger partial charge >= 0.3 is 0 Å². The average Bonchev–Trinajstić information content (AvgIpc) is 2.44. The van der Waals surface area contributed by atoms with Gasteiger partial charge in [-0.3, -0.25) is 0 Å². The van der Waals surface area contributed by atoms with Crippen LogP contribution in [0.5, 0.6) is 0 Å². The summed E-state index contributed by atoms with van der Waals surface area (Å²) in [5, 5.41) is 3.22. The minimum Gasteiger partial charge on any atom is -0.309 e. The molecule has 2 atom stereocenters. The number of aryl methyl sites for hydroxylation is 1. The fourth-order valence-electron chi connectivity index (χ4n) is 3.21. The normalized spacial score (nSPS) is 22.9. The molecule has 3 nitrogen and oxygen atoms in total. The van der Waals surface area contributed by atoms with Crippen molar-refractivity contribution >= 4 is 9.84 Å². The van der Waals surface area contributed by atoms with Crippen LogP contribution in [0.25, 0.3) is 0 Å². The first-order valence-electron chi connectivity index (χ1n) is 7.98. The van der Waals surface area contributed by atoms with E-state index in [2.05, 4.69) is 38.2 Å². The van der Waals surface area contributed by atoms with E-state index in [-0.39, 0.29) is 11.3 Å². The molecule has 0 saturated carbocycles. The molecule has 0 radical (unpaired) electrons. The van der Waals surface area contributed by atoms with E-state index in [1.807, 2.05) is 6.07 Å². The van der Waals surface area contributed by atoms with E-state index in [1.54, 1.807) is 0 Å². The van der Waals surface area contributed by atoms with E-state index in [4.69, 9.17) is 0 Å². The molecule has 2 unspecified atom stereocenters. The Bertz CT molecular complexity index is 580. The van der Waals surface area contributed by atoms with Crippen molar-refractivity contribution in [1.29, 1.82) is 0 Å². The highest BCUT2D eigenvalue weighted by Gasteiger charge is 2.36. The molecule has 1 fully saturated rings. The van der Waals surface area contributed by atoms with Gasteiger partial charge < -0.3 is 5.32 Å². The summed E-state index contributed by atoms with van der Waals surface area (Å²) in [5.41, 5.74) is 3.59. The monoisotopic (exact) mass is 309 g/mol. The van der Waals surface area contributed by atoms with Crippen molar-refractivity contribution in [3.63, 3.8) is 0 Å². The number of hydrogen-bond donors (Lipinski definition) is 1. The third-order valence-corrected chi connectivity index (χ3v) is 6.88. The van der Waals surface area contributed by atoms with Gasteiger partial charge in [-0.05, 0) is 56.3 Å². The lowest BCUT2D eigenvalue weighted by atomic mass is 9.93. The number of sulfone groups is 1. The van der Waals surface area contributed by atoms with Crippen molar-refractivity contribution in [1.82, 2.24) is 5.32 Å². The van der Waals surface area contributed by atoms with E-state index in [0.29, 0.717) is 5.75 Å². The molecule has 0 spiro atoms. The van der Waals surface area contributed by atoms with Gasteiger partial charge in [0.05, 0.1) is 11.0 Å². The number of nitrogens with one attached hydrogen (secondary N) is 1. The van der Waals surface area contributed by atoms with Crippen molar-refractivity contribution in [3.8, 4) is 0 Å². The Hall–Kier alpha value is -0.870. The molecule has 1 aromatic carbocycles. The SMILES string of the molecule is CCCNC(c1cccc(C)c1C)C1CCCCS1(=O)=O. The van der Waals surface area contributed by atoms with E-state index in [1.165, 1.54) is 11.1 Å². The minimum atomic E-state index is -2.99. The zero-order valence-electron chi connectivity index (χ0n) is 13.4. The second-order valence-electron chi connectivity index (χ2n) is 6.12. The van der Waals surface area contributed by atoms with Crippen molar-refractivity contribution < 1.29 is 8.42 Å². The zero-order valence-corrected chi connectivity index (χ0v) is 14.2. The second-order valence-corrected chi connectivity index (χ2v) is 8.46. The number of benzene rings is 1. The van der Waals surface area contributed by atoms with Crippen molar-refractivity contribution in [2.75, 3.05) is 12.3 Å². The minimum absolute atomic E-state index is 0.0739. The van der Waals surface area contributed by atoms with E-state index in [9.17, 15) is 8.42 Å². The Morgan fingerprint density at radius 2 is 2.05 bits per heavy atom. The average molecular weight is 309 g/mol. The molecule has 1 aliphatic rings. The predicted molar refractivity (Wildman–Crippen MR) is 88.4 cm³/mol. The summed E-state index contributed by atoms with van der Waals surface area (Å²) in [5.74, 6) is 0.340. The maximum Gasteiger partial charge on any atom is 0.155 e. The summed E-state index contributed by atoms with van der Waals surface area (Å²) in [7, 11) is -2.99. The predicted octanol–water partition coefficient (Wildman–Crippen LogP) is 3.31. The summed E-state index contributed by atoms with van der Waals surface area (Å²) in [4.78, 5) is 0. The summed E-state index contributed by atoms with van der Waals surface area (Å²) >= 11 is 0. The molecule has 1 aliphatic heterocycles. The van der Waals surface area contributed by atoms with E-state index < -0.39 is 9.84 Å². The molecule has 118 valence electrons. The van der Waals surface area contributed by atoms with Gasteiger partial charge in [0.25, 0.3) is 0 Å². The molecule has 1 saturated heterocycles. The molecule has 2 rings (SSSR count). The smallest absolute Gasteiger partial charge is 0.155 e. The van der Waals surface area contributed by atoms with Crippen LogP contribution in [0.3, 0.4) is 0 Å². The molecule has 0 bridgehead atoms. The van der Waals surface area contributed by atoms with Crippen LogP contribution >= 0.6 is 0 Å². The molecule has 21 heavy (non-hydrogen) atoms. The fraction of sp³-hybridized carbons (Fsp3) is 0.647. The maximum absolute atomic E-state index is 12.5. The first-order valence-corrected chi connectivity index (χ1v) is 9.70. The van der Waals surface area contributed by atoms with Gasteiger partial charge in [0.2, 0.25) is 0 Å². The molecular formula is C17H27NO2S. The molecule has 1 N–H and O–H groups in total. The van der Waals surface area contributed by atoms with Crippen LogP contribution in [0.2, 0.25) is 0 Å². The van der Waals surface area contributed by atoms with Crippen LogP contribution in [-0.2, 0) is 9.84 Å². The van der Waals surface area contributed by atoms with Gasteiger partial charge in [-0.1, -0.05) is 31.5 Å². The van der Waals surface area contributed by atoms with Gasteiger partial charge in [0, 0.05) is 6.04 Å². The third kappa shape index (κ3) is 3.67. The van der Waals surface area contributed by atoms with Crippen molar-refractivity contribution in [2.24, 2.45) is 0 Å². The molecule has 4 heteroatoms. The van der Waals surface area contributed by atoms with Crippen LogP contribution < -0.4 is 5.32 Å².